The van der Waals surface area contributed by atoms with Crippen molar-refractivity contribution in [2.24, 2.45) is 0 Å². The van der Waals surface area contributed by atoms with E-state index in [0.717, 1.165) is 25.2 Å². The molecule has 0 saturated carbocycles. The molecule has 0 aliphatic carbocycles. The molecule has 1 fully saturated rings. The van der Waals surface area contributed by atoms with Crippen molar-refractivity contribution in [2.45, 2.75) is 18.6 Å². The number of likely N-dealkylation sites (tertiary alicyclic amines) is 1. The highest BCUT2D eigenvalue weighted by molar-refractivity contribution is 6.01. The van der Waals surface area contributed by atoms with Gasteiger partial charge >= 0.3 is 5.97 Å². The fourth-order valence-electron chi connectivity index (χ4n) is 3.75. The fraction of sp³-hybridized carbons (Fsp3) is 0.273. The largest absolute Gasteiger partial charge is 0.483 e. The third kappa shape index (κ3) is 3.64. The average Bonchev–Trinajstić information content (AvgIpc) is 2.66. The van der Waals surface area contributed by atoms with Crippen molar-refractivity contribution in [2.75, 3.05) is 20.2 Å². The first-order valence-electron chi connectivity index (χ1n) is 8.95. The van der Waals surface area contributed by atoms with Crippen LogP contribution in [0.5, 0.6) is 5.75 Å². The highest BCUT2D eigenvalue weighted by Crippen LogP contribution is 2.39. The number of ketones is 1. The number of benzene rings is 2. The summed E-state index contributed by atoms with van der Waals surface area (Å²) in [6.07, 6.45) is 3.36. The summed E-state index contributed by atoms with van der Waals surface area (Å²) in [4.78, 5) is 26.2. The van der Waals surface area contributed by atoms with Gasteiger partial charge in [0.2, 0.25) is 0 Å². The van der Waals surface area contributed by atoms with Crippen LogP contribution in [-0.2, 0) is 16.1 Å². The SMILES string of the molecule is COC(=O)C=Cc1ccc2c(c1)C(=O)CC1(CN(Cc3ccccc3)C1)O2. The molecule has 2 aliphatic rings. The fourth-order valence-corrected chi connectivity index (χ4v) is 3.75. The molecule has 2 heterocycles. The molecule has 0 bridgehead atoms. The predicted octanol–water partition coefficient (Wildman–Crippen LogP) is 3.09. The smallest absolute Gasteiger partial charge is 0.330 e. The first-order valence-corrected chi connectivity index (χ1v) is 8.95. The second-order valence-electron chi connectivity index (χ2n) is 7.13. The molecule has 0 unspecified atom stereocenters. The van der Waals surface area contributed by atoms with Gasteiger partial charge in [-0.3, -0.25) is 9.69 Å². The summed E-state index contributed by atoms with van der Waals surface area (Å²) in [6, 6.07) is 15.7. The Labute approximate surface area is 158 Å². The standard InChI is InChI=1S/C22H21NO4/c1-26-21(25)10-8-16-7-9-20-18(11-16)19(24)12-22(27-20)14-23(15-22)13-17-5-3-2-4-6-17/h2-11H,12-15H2,1H3. The number of ether oxygens (including phenoxy) is 2. The number of fused-ring (bicyclic) bond motifs is 1. The molecule has 2 aromatic carbocycles. The molecular formula is C22H21NO4. The lowest BCUT2D eigenvalue weighted by atomic mass is 9.83. The first-order chi connectivity index (χ1) is 13.1. The lowest BCUT2D eigenvalue weighted by Gasteiger charge is -2.51. The van der Waals surface area contributed by atoms with E-state index in [1.165, 1.54) is 18.7 Å². The Morgan fingerprint density at radius 2 is 2.00 bits per heavy atom. The van der Waals surface area contributed by atoms with Crippen molar-refractivity contribution < 1.29 is 19.1 Å². The minimum atomic E-state index is -0.428. The Morgan fingerprint density at radius 3 is 2.74 bits per heavy atom. The van der Waals surface area contributed by atoms with Crippen LogP contribution in [0, 0.1) is 0 Å². The highest BCUT2D eigenvalue weighted by atomic mass is 16.5. The topological polar surface area (TPSA) is 55.8 Å². The van der Waals surface area contributed by atoms with Crippen molar-refractivity contribution in [1.82, 2.24) is 4.90 Å². The number of Topliss-reactive ketones (excluding diaryl/α,β-unsaturated/α-hetero) is 1. The number of rotatable bonds is 4. The Balaban J connectivity index is 1.44. The van der Waals surface area contributed by atoms with E-state index >= 15 is 0 Å². The van der Waals surface area contributed by atoms with Gasteiger partial charge in [0.1, 0.15) is 11.4 Å². The van der Waals surface area contributed by atoms with Crippen molar-refractivity contribution in [3.05, 3.63) is 71.3 Å². The van der Waals surface area contributed by atoms with Gasteiger partial charge in [0.25, 0.3) is 0 Å². The summed E-state index contributed by atoms with van der Waals surface area (Å²) >= 11 is 0. The molecule has 5 nitrogen and oxygen atoms in total. The quantitative estimate of drug-likeness (QED) is 0.617. The second kappa shape index (κ2) is 7.00. The minimum absolute atomic E-state index is 0.0870. The highest BCUT2D eigenvalue weighted by Gasteiger charge is 2.49. The van der Waals surface area contributed by atoms with Crippen molar-refractivity contribution in [1.29, 1.82) is 0 Å². The van der Waals surface area contributed by atoms with Crippen LogP contribution in [0.15, 0.2) is 54.6 Å². The van der Waals surface area contributed by atoms with Crippen LogP contribution in [0.2, 0.25) is 0 Å². The van der Waals surface area contributed by atoms with Gasteiger partial charge in [0.15, 0.2) is 5.78 Å². The van der Waals surface area contributed by atoms with E-state index in [1.54, 1.807) is 12.1 Å². The Bertz CT molecular complexity index is 898. The number of hydrogen-bond donors (Lipinski definition) is 0. The van der Waals surface area contributed by atoms with Crippen LogP contribution in [0.1, 0.15) is 27.9 Å². The average molecular weight is 363 g/mol. The minimum Gasteiger partial charge on any atom is -0.483 e. The van der Waals surface area contributed by atoms with Gasteiger partial charge in [-0.1, -0.05) is 36.4 Å². The molecule has 0 amide bonds. The van der Waals surface area contributed by atoms with Crippen LogP contribution in [-0.4, -0.2) is 42.5 Å². The lowest BCUT2D eigenvalue weighted by Crippen LogP contribution is -2.66. The van der Waals surface area contributed by atoms with Crippen LogP contribution in [0.4, 0.5) is 0 Å². The van der Waals surface area contributed by atoms with Gasteiger partial charge in [-0.15, -0.1) is 0 Å². The van der Waals surface area contributed by atoms with Gasteiger partial charge in [-0.2, -0.15) is 0 Å². The molecule has 0 aromatic heterocycles. The molecule has 0 atom stereocenters. The van der Waals surface area contributed by atoms with Crippen molar-refractivity contribution in [3.63, 3.8) is 0 Å². The van der Waals surface area contributed by atoms with Gasteiger partial charge in [-0.05, 0) is 29.3 Å². The summed E-state index contributed by atoms with van der Waals surface area (Å²) in [5.41, 5.74) is 2.19. The summed E-state index contributed by atoms with van der Waals surface area (Å²) in [5.74, 6) is 0.284. The molecule has 2 aliphatic heterocycles. The molecule has 5 heteroatoms. The first kappa shape index (κ1) is 17.5. The predicted molar refractivity (Wildman–Crippen MR) is 102 cm³/mol. The maximum Gasteiger partial charge on any atom is 0.330 e. The Morgan fingerprint density at radius 1 is 1.22 bits per heavy atom. The lowest BCUT2D eigenvalue weighted by molar-refractivity contribution is -0.134. The maximum atomic E-state index is 12.7. The molecule has 4 rings (SSSR count). The Kier molecular flexibility index (Phi) is 4.54. The third-order valence-corrected chi connectivity index (χ3v) is 5.00. The van der Waals surface area contributed by atoms with E-state index in [9.17, 15) is 9.59 Å². The summed E-state index contributed by atoms with van der Waals surface area (Å²) in [6.45, 7) is 2.36. The molecule has 1 spiro atoms. The van der Waals surface area contributed by atoms with Crippen molar-refractivity contribution in [3.8, 4) is 5.75 Å². The molecule has 1 saturated heterocycles. The summed E-state index contributed by atoms with van der Waals surface area (Å²) in [5, 5.41) is 0. The molecule has 27 heavy (non-hydrogen) atoms. The molecule has 138 valence electrons. The van der Waals surface area contributed by atoms with E-state index in [-0.39, 0.29) is 5.78 Å². The van der Waals surface area contributed by atoms with Crippen LogP contribution >= 0.6 is 0 Å². The Hall–Kier alpha value is -2.92. The van der Waals surface area contributed by atoms with E-state index in [1.807, 2.05) is 30.3 Å². The monoisotopic (exact) mass is 363 g/mol. The number of esters is 1. The van der Waals surface area contributed by atoms with Crippen LogP contribution < -0.4 is 4.74 Å². The normalized spacial score (nSPS) is 18.0. The molecule has 0 radical (unpaired) electrons. The number of carbonyl (C=O) groups excluding carboxylic acids is 2. The number of hydrogen-bond acceptors (Lipinski definition) is 5. The van der Waals surface area contributed by atoms with Gasteiger partial charge < -0.3 is 9.47 Å². The van der Waals surface area contributed by atoms with E-state index in [4.69, 9.17) is 4.74 Å². The zero-order chi connectivity index (χ0) is 18.9. The number of nitrogens with zero attached hydrogens (tertiary/aromatic N) is 1. The zero-order valence-corrected chi connectivity index (χ0v) is 15.2. The molecule has 0 N–H and O–H groups in total. The van der Waals surface area contributed by atoms with Gasteiger partial charge in [0.05, 0.1) is 19.1 Å². The molecular weight excluding hydrogens is 342 g/mol. The van der Waals surface area contributed by atoms with E-state index in [2.05, 4.69) is 21.8 Å². The third-order valence-electron chi connectivity index (χ3n) is 5.00. The number of carbonyl (C=O) groups is 2. The maximum absolute atomic E-state index is 12.7. The summed E-state index contributed by atoms with van der Waals surface area (Å²) in [7, 11) is 1.33. The van der Waals surface area contributed by atoms with E-state index < -0.39 is 11.6 Å². The van der Waals surface area contributed by atoms with Crippen molar-refractivity contribution >= 4 is 17.8 Å². The van der Waals surface area contributed by atoms with Crippen LogP contribution in [0.25, 0.3) is 6.08 Å². The number of methoxy groups -OCH3 is 1. The van der Waals surface area contributed by atoms with Gasteiger partial charge in [-0.25, -0.2) is 4.79 Å². The zero-order valence-electron chi connectivity index (χ0n) is 15.2. The van der Waals surface area contributed by atoms with E-state index in [0.29, 0.717) is 17.7 Å². The summed E-state index contributed by atoms with van der Waals surface area (Å²) < 4.78 is 10.8. The van der Waals surface area contributed by atoms with Gasteiger partial charge in [0, 0.05) is 25.7 Å². The second-order valence-corrected chi connectivity index (χ2v) is 7.13. The molecule has 2 aromatic rings. The van der Waals surface area contributed by atoms with Crippen LogP contribution in [0.3, 0.4) is 0 Å².